The Kier molecular flexibility index (Phi) is 4.46. The molecule has 2 aromatic rings. The van der Waals surface area contributed by atoms with Gasteiger partial charge < -0.3 is 4.74 Å². The SMILES string of the molecule is CCC(=O)Oc1c(Cl)cc(Cl)cc1-c1ccccc1. The van der Waals surface area contributed by atoms with E-state index < -0.39 is 0 Å². The molecule has 0 unspecified atom stereocenters. The molecule has 0 aliphatic carbocycles. The van der Waals surface area contributed by atoms with Gasteiger partial charge in [0.2, 0.25) is 0 Å². The first-order valence-electron chi connectivity index (χ1n) is 5.87. The average Bonchev–Trinajstić information content (AvgIpc) is 2.42. The molecular weight excluding hydrogens is 283 g/mol. The average molecular weight is 295 g/mol. The topological polar surface area (TPSA) is 26.3 Å². The van der Waals surface area contributed by atoms with Crippen LogP contribution in [0.15, 0.2) is 42.5 Å². The summed E-state index contributed by atoms with van der Waals surface area (Å²) in [6, 6.07) is 12.8. The highest BCUT2D eigenvalue weighted by Gasteiger charge is 2.15. The van der Waals surface area contributed by atoms with E-state index in [1.807, 2.05) is 30.3 Å². The summed E-state index contributed by atoms with van der Waals surface area (Å²) < 4.78 is 5.31. The lowest BCUT2D eigenvalue weighted by molar-refractivity contribution is -0.133. The standard InChI is InChI=1S/C15H12Cl2O2/c1-2-14(18)19-15-12(8-11(16)9-13(15)17)10-6-4-3-5-7-10/h3-9H,2H2,1H3. The largest absolute Gasteiger partial charge is 0.424 e. The molecule has 2 rings (SSSR count). The predicted octanol–water partition coefficient (Wildman–Crippen LogP) is 4.98. The van der Waals surface area contributed by atoms with Crippen molar-refractivity contribution in [2.75, 3.05) is 0 Å². The molecule has 2 nitrogen and oxygen atoms in total. The summed E-state index contributed by atoms with van der Waals surface area (Å²) in [7, 11) is 0. The summed E-state index contributed by atoms with van der Waals surface area (Å²) in [4.78, 5) is 11.5. The summed E-state index contributed by atoms with van der Waals surface area (Å²) >= 11 is 12.1. The van der Waals surface area contributed by atoms with Gasteiger partial charge in [0, 0.05) is 17.0 Å². The number of benzene rings is 2. The van der Waals surface area contributed by atoms with Crippen molar-refractivity contribution in [1.29, 1.82) is 0 Å². The summed E-state index contributed by atoms with van der Waals surface area (Å²) in [6.07, 6.45) is 0.285. The quantitative estimate of drug-likeness (QED) is 0.590. The van der Waals surface area contributed by atoms with Crippen molar-refractivity contribution in [3.63, 3.8) is 0 Å². The van der Waals surface area contributed by atoms with E-state index in [2.05, 4.69) is 0 Å². The van der Waals surface area contributed by atoms with Crippen molar-refractivity contribution in [2.45, 2.75) is 13.3 Å². The lowest BCUT2D eigenvalue weighted by Crippen LogP contribution is -2.07. The second-order valence-electron chi connectivity index (χ2n) is 3.96. The number of hydrogen-bond acceptors (Lipinski definition) is 2. The van der Waals surface area contributed by atoms with Gasteiger partial charge in [0.15, 0.2) is 5.75 Å². The smallest absolute Gasteiger partial charge is 0.310 e. The van der Waals surface area contributed by atoms with E-state index >= 15 is 0 Å². The van der Waals surface area contributed by atoms with E-state index in [9.17, 15) is 4.79 Å². The van der Waals surface area contributed by atoms with Crippen LogP contribution in [-0.4, -0.2) is 5.97 Å². The number of rotatable bonds is 3. The molecule has 0 heterocycles. The van der Waals surface area contributed by atoms with Crippen LogP contribution < -0.4 is 4.74 Å². The van der Waals surface area contributed by atoms with E-state index in [0.29, 0.717) is 21.4 Å². The molecule has 2 aromatic carbocycles. The zero-order valence-electron chi connectivity index (χ0n) is 10.3. The Morgan fingerprint density at radius 2 is 1.84 bits per heavy atom. The second-order valence-corrected chi connectivity index (χ2v) is 4.80. The van der Waals surface area contributed by atoms with Crippen LogP contribution in [0.5, 0.6) is 5.75 Å². The Hall–Kier alpha value is -1.51. The van der Waals surface area contributed by atoms with Gasteiger partial charge in [-0.1, -0.05) is 60.5 Å². The molecular formula is C15H12Cl2O2. The third-order valence-corrected chi connectivity index (χ3v) is 3.10. The minimum Gasteiger partial charge on any atom is -0.424 e. The van der Waals surface area contributed by atoms with Gasteiger partial charge in [0.25, 0.3) is 0 Å². The van der Waals surface area contributed by atoms with Crippen molar-refractivity contribution in [2.24, 2.45) is 0 Å². The fourth-order valence-electron chi connectivity index (χ4n) is 1.68. The molecule has 0 saturated carbocycles. The lowest BCUT2D eigenvalue weighted by atomic mass is 10.0. The molecule has 0 N–H and O–H groups in total. The van der Waals surface area contributed by atoms with Gasteiger partial charge in [-0.15, -0.1) is 0 Å². The van der Waals surface area contributed by atoms with Crippen LogP contribution in [0.2, 0.25) is 10.0 Å². The van der Waals surface area contributed by atoms with Gasteiger partial charge >= 0.3 is 5.97 Å². The van der Waals surface area contributed by atoms with Gasteiger partial charge in [-0.2, -0.15) is 0 Å². The van der Waals surface area contributed by atoms with Gasteiger partial charge in [-0.25, -0.2) is 0 Å². The molecule has 4 heteroatoms. The second kappa shape index (κ2) is 6.09. The van der Waals surface area contributed by atoms with Gasteiger partial charge in [0.05, 0.1) is 5.02 Å². The number of ether oxygens (including phenoxy) is 1. The van der Waals surface area contributed by atoms with Gasteiger partial charge in [-0.05, 0) is 17.7 Å². The van der Waals surface area contributed by atoms with Gasteiger partial charge in [0.1, 0.15) is 0 Å². The molecule has 0 aliphatic rings. The number of carbonyl (C=O) groups excluding carboxylic acids is 1. The summed E-state index contributed by atoms with van der Waals surface area (Å²) in [5.74, 6) is 0.0190. The number of hydrogen-bond donors (Lipinski definition) is 0. The van der Waals surface area contributed by atoms with Crippen molar-refractivity contribution < 1.29 is 9.53 Å². The highest BCUT2D eigenvalue weighted by atomic mass is 35.5. The number of carbonyl (C=O) groups is 1. The Morgan fingerprint density at radius 1 is 1.16 bits per heavy atom. The Morgan fingerprint density at radius 3 is 2.47 bits per heavy atom. The van der Waals surface area contributed by atoms with Crippen LogP contribution in [-0.2, 0) is 4.79 Å². The number of esters is 1. The molecule has 0 saturated heterocycles. The first-order valence-corrected chi connectivity index (χ1v) is 6.62. The zero-order chi connectivity index (χ0) is 13.8. The lowest BCUT2D eigenvalue weighted by Gasteiger charge is -2.12. The number of halogens is 2. The maximum Gasteiger partial charge on any atom is 0.310 e. The minimum absolute atomic E-state index is 0.285. The van der Waals surface area contributed by atoms with E-state index in [4.69, 9.17) is 27.9 Å². The molecule has 0 aliphatic heterocycles. The van der Waals surface area contributed by atoms with Crippen molar-refractivity contribution in [3.05, 3.63) is 52.5 Å². The molecule has 0 amide bonds. The molecule has 0 radical (unpaired) electrons. The van der Waals surface area contributed by atoms with Crippen molar-refractivity contribution >= 4 is 29.2 Å². The van der Waals surface area contributed by atoms with Crippen molar-refractivity contribution in [3.8, 4) is 16.9 Å². The van der Waals surface area contributed by atoms with Gasteiger partial charge in [-0.3, -0.25) is 4.79 Å². The van der Waals surface area contributed by atoms with Crippen LogP contribution in [0.4, 0.5) is 0 Å². The summed E-state index contributed by atoms with van der Waals surface area (Å²) in [6.45, 7) is 1.73. The first kappa shape index (κ1) is 13.9. The highest BCUT2D eigenvalue weighted by molar-refractivity contribution is 6.36. The Labute approximate surface area is 121 Å². The van der Waals surface area contributed by atoms with E-state index in [1.54, 1.807) is 19.1 Å². The fraction of sp³-hybridized carbons (Fsp3) is 0.133. The molecule has 0 spiro atoms. The summed E-state index contributed by atoms with van der Waals surface area (Å²) in [5.41, 5.74) is 1.60. The minimum atomic E-state index is -0.332. The Bertz CT molecular complexity index is 595. The predicted molar refractivity (Wildman–Crippen MR) is 77.8 cm³/mol. The van der Waals surface area contributed by atoms with Crippen LogP contribution in [0, 0.1) is 0 Å². The third-order valence-electron chi connectivity index (χ3n) is 2.60. The van der Waals surface area contributed by atoms with Crippen molar-refractivity contribution in [1.82, 2.24) is 0 Å². The fourth-order valence-corrected chi connectivity index (χ4v) is 2.21. The van der Waals surface area contributed by atoms with Crippen LogP contribution in [0.25, 0.3) is 11.1 Å². The van der Waals surface area contributed by atoms with E-state index in [0.717, 1.165) is 5.56 Å². The maximum atomic E-state index is 11.5. The molecule has 19 heavy (non-hydrogen) atoms. The molecule has 0 atom stereocenters. The van der Waals surface area contributed by atoms with Crippen LogP contribution >= 0.6 is 23.2 Å². The highest BCUT2D eigenvalue weighted by Crippen LogP contribution is 2.39. The Balaban J connectivity index is 2.55. The molecule has 0 fully saturated rings. The van der Waals surface area contributed by atoms with E-state index in [-0.39, 0.29) is 12.4 Å². The van der Waals surface area contributed by atoms with Crippen LogP contribution in [0.3, 0.4) is 0 Å². The summed E-state index contributed by atoms with van der Waals surface area (Å²) in [5, 5.41) is 0.827. The zero-order valence-corrected chi connectivity index (χ0v) is 11.8. The molecule has 98 valence electrons. The normalized spacial score (nSPS) is 10.3. The first-order chi connectivity index (χ1) is 9.11. The maximum absolute atomic E-state index is 11.5. The van der Waals surface area contributed by atoms with E-state index in [1.165, 1.54) is 0 Å². The monoisotopic (exact) mass is 294 g/mol. The molecule has 0 aromatic heterocycles. The molecule has 0 bridgehead atoms. The third kappa shape index (κ3) is 3.28. The van der Waals surface area contributed by atoms with Crippen LogP contribution in [0.1, 0.15) is 13.3 Å².